The third-order valence-corrected chi connectivity index (χ3v) is 3.78. The topological polar surface area (TPSA) is 30.5 Å². The fourth-order valence-corrected chi connectivity index (χ4v) is 2.65. The Morgan fingerprint density at radius 2 is 2.35 bits per heavy atom. The molecule has 0 aliphatic carbocycles. The number of rotatable bonds is 8. The van der Waals surface area contributed by atoms with Crippen LogP contribution < -0.4 is 10.1 Å². The molecule has 1 aromatic rings. The lowest BCUT2D eigenvalue weighted by Crippen LogP contribution is -2.13. The van der Waals surface area contributed by atoms with Crippen LogP contribution >= 0.6 is 11.6 Å². The van der Waals surface area contributed by atoms with E-state index in [2.05, 4.69) is 12.2 Å². The van der Waals surface area contributed by atoms with Crippen LogP contribution in [-0.2, 0) is 11.3 Å². The zero-order valence-corrected chi connectivity index (χ0v) is 12.9. The van der Waals surface area contributed by atoms with Gasteiger partial charge in [0.15, 0.2) is 0 Å². The molecule has 1 atom stereocenters. The van der Waals surface area contributed by atoms with Crippen molar-refractivity contribution in [2.24, 2.45) is 0 Å². The number of hydrogen-bond acceptors (Lipinski definition) is 3. The summed E-state index contributed by atoms with van der Waals surface area (Å²) in [4.78, 5) is 0. The second kappa shape index (κ2) is 8.50. The highest BCUT2D eigenvalue weighted by molar-refractivity contribution is 6.30. The highest BCUT2D eigenvalue weighted by Gasteiger charge is 2.14. The maximum atomic E-state index is 6.04. The molecule has 0 saturated carbocycles. The molecule has 2 rings (SSSR count). The van der Waals surface area contributed by atoms with Gasteiger partial charge >= 0.3 is 0 Å². The molecule has 1 aliphatic rings. The maximum absolute atomic E-state index is 6.04. The predicted octanol–water partition coefficient (Wildman–Crippen LogP) is 3.79. The monoisotopic (exact) mass is 297 g/mol. The first kappa shape index (κ1) is 15.6. The molecule has 0 aromatic heterocycles. The van der Waals surface area contributed by atoms with Gasteiger partial charge in [0.2, 0.25) is 0 Å². The molecule has 1 fully saturated rings. The van der Waals surface area contributed by atoms with Crippen LogP contribution in [0.15, 0.2) is 18.2 Å². The second-order valence-electron chi connectivity index (χ2n) is 5.16. The highest BCUT2D eigenvalue weighted by Crippen LogP contribution is 2.23. The first-order valence-electron chi connectivity index (χ1n) is 7.53. The summed E-state index contributed by atoms with van der Waals surface area (Å²) in [6.07, 6.45) is 4.98. The van der Waals surface area contributed by atoms with E-state index in [0.29, 0.717) is 6.10 Å². The van der Waals surface area contributed by atoms with Gasteiger partial charge in [-0.05, 0) is 50.4 Å². The van der Waals surface area contributed by atoms with Gasteiger partial charge < -0.3 is 14.8 Å². The van der Waals surface area contributed by atoms with E-state index in [1.807, 2.05) is 18.2 Å². The van der Waals surface area contributed by atoms with Crippen LogP contribution in [0.4, 0.5) is 0 Å². The van der Waals surface area contributed by atoms with Crippen molar-refractivity contribution in [3.05, 3.63) is 28.8 Å². The van der Waals surface area contributed by atoms with E-state index in [1.54, 1.807) is 0 Å². The Hall–Kier alpha value is -0.770. The van der Waals surface area contributed by atoms with Crippen molar-refractivity contribution in [3.8, 4) is 5.75 Å². The summed E-state index contributed by atoms with van der Waals surface area (Å²) in [6, 6.07) is 5.81. The lowest BCUT2D eigenvalue weighted by molar-refractivity contribution is 0.0981. The summed E-state index contributed by atoms with van der Waals surface area (Å²) in [6.45, 7) is 5.48. The lowest BCUT2D eigenvalue weighted by Gasteiger charge is -2.13. The number of ether oxygens (including phenoxy) is 2. The van der Waals surface area contributed by atoms with Crippen molar-refractivity contribution in [1.29, 1.82) is 0 Å². The van der Waals surface area contributed by atoms with Gasteiger partial charge in [-0.1, -0.05) is 18.5 Å². The Labute approximate surface area is 126 Å². The zero-order valence-electron chi connectivity index (χ0n) is 12.2. The zero-order chi connectivity index (χ0) is 14.2. The number of benzene rings is 1. The maximum Gasteiger partial charge on any atom is 0.123 e. The van der Waals surface area contributed by atoms with Crippen molar-refractivity contribution in [3.63, 3.8) is 0 Å². The summed E-state index contributed by atoms with van der Waals surface area (Å²) in [7, 11) is 0. The van der Waals surface area contributed by atoms with Gasteiger partial charge in [0, 0.05) is 23.7 Å². The summed E-state index contributed by atoms with van der Waals surface area (Å²) in [5, 5.41) is 4.06. The Morgan fingerprint density at radius 1 is 1.45 bits per heavy atom. The van der Waals surface area contributed by atoms with E-state index in [4.69, 9.17) is 21.1 Å². The molecule has 0 amide bonds. The van der Waals surface area contributed by atoms with Gasteiger partial charge in [0.25, 0.3) is 0 Å². The summed E-state index contributed by atoms with van der Waals surface area (Å²) in [5.74, 6) is 0.933. The molecule has 1 aliphatic heterocycles. The Kier molecular flexibility index (Phi) is 6.64. The average Bonchev–Trinajstić information content (AvgIpc) is 2.96. The summed E-state index contributed by atoms with van der Waals surface area (Å²) >= 11 is 6.04. The normalized spacial score (nSPS) is 18.4. The van der Waals surface area contributed by atoms with Crippen molar-refractivity contribution < 1.29 is 9.47 Å². The van der Waals surface area contributed by atoms with Gasteiger partial charge in [-0.15, -0.1) is 0 Å². The van der Waals surface area contributed by atoms with Crippen LogP contribution in [-0.4, -0.2) is 25.9 Å². The van der Waals surface area contributed by atoms with E-state index < -0.39 is 0 Å². The molecule has 112 valence electrons. The fraction of sp³-hybridized carbons (Fsp3) is 0.625. The van der Waals surface area contributed by atoms with Crippen LogP contribution in [0.2, 0.25) is 5.02 Å². The lowest BCUT2D eigenvalue weighted by atomic mass is 10.1. The van der Waals surface area contributed by atoms with E-state index in [9.17, 15) is 0 Å². The van der Waals surface area contributed by atoms with Gasteiger partial charge in [-0.3, -0.25) is 0 Å². The number of nitrogens with one attached hydrogen (secondary N) is 1. The molecule has 1 heterocycles. The molecular formula is C16H24ClNO2. The Morgan fingerprint density at radius 3 is 3.10 bits per heavy atom. The minimum Gasteiger partial charge on any atom is -0.493 e. The van der Waals surface area contributed by atoms with Crippen LogP contribution in [0, 0.1) is 0 Å². The first-order chi connectivity index (χ1) is 9.79. The molecule has 1 N–H and O–H groups in total. The van der Waals surface area contributed by atoms with Crippen molar-refractivity contribution in [2.45, 2.75) is 45.3 Å². The molecule has 1 aromatic carbocycles. The molecule has 20 heavy (non-hydrogen) atoms. The largest absolute Gasteiger partial charge is 0.493 e. The van der Waals surface area contributed by atoms with Crippen LogP contribution in [0.25, 0.3) is 0 Å². The minimum absolute atomic E-state index is 0.449. The smallest absolute Gasteiger partial charge is 0.123 e. The van der Waals surface area contributed by atoms with E-state index in [-0.39, 0.29) is 0 Å². The van der Waals surface area contributed by atoms with Crippen molar-refractivity contribution in [2.75, 3.05) is 19.8 Å². The average molecular weight is 298 g/mol. The summed E-state index contributed by atoms with van der Waals surface area (Å²) < 4.78 is 11.5. The quantitative estimate of drug-likeness (QED) is 0.741. The molecule has 3 nitrogen and oxygen atoms in total. The highest BCUT2D eigenvalue weighted by atomic mass is 35.5. The molecule has 1 saturated heterocycles. The first-order valence-corrected chi connectivity index (χ1v) is 7.91. The molecule has 0 radical (unpaired) electrons. The van der Waals surface area contributed by atoms with Gasteiger partial charge in [-0.2, -0.15) is 0 Å². The van der Waals surface area contributed by atoms with E-state index >= 15 is 0 Å². The van der Waals surface area contributed by atoms with E-state index in [1.165, 1.54) is 12.8 Å². The molecular weight excluding hydrogens is 274 g/mol. The van der Waals surface area contributed by atoms with Crippen LogP contribution in [0.1, 0.15) is 38.2 Å². The van der Waals surface area contributed by atoms with Crippen LogP contribution in [0.3, 0.4) is 0 Å². The summed E-state index contributed by atoms with van der Waals surface area (Å²) in [5.41, 5.74) is 1.12. The SMILES string of the molecule is CCNCc1cc(Cl)ccc1OCCCC1CCCO1. The minimum atomic E-state index is 0.449. The third-order valence-electron chi connectivity index (χ3n) is 3.54. The van der Waals surface area contributed by atoms with Gasteiger partial charge in [-0.25, -0.2) is 0 Å². The Balaban J connectivity index is 1.78. The third kappa shape index (κ3) is 4.97. The van der Waals surface area contributed by atoms with Crippen molar-refractivity contribution >= 4 is 11.6 Å². The number of halogens is 1. The standard InChI is InChI=1S/C16H24ClNO2/c1-2-18-12-13-11-14(17)7-8-16(13)20-10-4-6-15-5-3-9-19-15/h7-8,11,15,18H,2-6,9-10,12H2,1H3. The molecule has 0 spiro atoms. The van der Waals surface area contributed by atoms with Crippen molar-refractivity contribution in [1.82, 2.24) is 5.32 Å². The van der Waals surface area contributed by atoms with Crippen LogP contribution in [0.5, 0.6) is 5.75 Å². The molecule has 1 unspecified atom stereocenters. The predicted molar refractivity (Wildman–Crippen MR) is 82.5 cm³/mol. The van der Waals surface area contributed by atoms with Gasteiger partial charge in [0.05, 0.1) is 12.7 Å². The molecule has 0 bridgehead atoms. The second-order valence-corrected chi connectivity index (χ2v) is 5.59. The molecule has 4 heteroatoms. The number of hydrogen-bond donors (Lipinski definition) is 1. The van der Waals surface area contributed by atoms with E-state index in [0.717, 1.165) is 55.5 Å². The fourth-order valence-electron chi connectivity index (χ4n) is 2.45. The Bertz CT molecular complexity index is 405. The van der Waals surface area contributed by atoms with Gasteiger partial charge in [0.1, 0.15) is 5.75 Å².